The fourth-order valence-electron chi connectivity index (χ4n) is 4.31. The average molecular weight is 223 g/mol. The lowest BCUT2D eigenvalue weighted by Gasteiger charge is -2.39. The third-order valence-corrected chi connectivity index (χ3v) is 6.09. The van der Waals surface area contributed by atoms with E-state index in [0.29, 0.717) is 23.0 Å². The van der Waals surface area contributed by atoms with Crippen LogP contribution in [0.4, 0.5) is 0 Å². The Hall–Kier alpha value is -0.0800. The van der Waals surface area contributed by atoms with Crippen LogP contribution in [-0.2, 0) is 4.74 Å². The topological polar surface area (TPSA) is 21.3 Å². The standard InChI is InChI=1S/C14H25NO/c1-13(2)10-4-6-14(13,3)12(8-10)16-11-5-7-15-9-11/h10-12,15H,4-9H2,1-3H3. The molecule has 1 saturated heterocycles. The highest BCUT2D eigenvalue weighted by molar-refractivity contribution is 5.11. The molecule has 2 saturated carbocycles. The minimum atomic E-state index is 0.431. The monoisotopic (exact) mass is 223 g/mol. The summed E-state index contributed by atoms with van der Waals surface area (Å²) in [6, 6.07) is 0. The number of fused-ring (bicyclic) bond motifs is 2. The average Bonchev–Trinajstić information content (AvgIpc) is 2.84. The van der Waals surface area contributed by atoms with E-state index < -0.39 is 0 Å². The summed E-state index contributed by atoms with van der Waals surface area (Å²) in [5, 5.41) is 3.40. The second kappa shape index (κ2) is 3.46. The molecule has 2 nitrogen and oxygen atoms in total. The van der Waals surface area contributed by atoms with E-state index >= 15 is 0 Å². The van der Waals surface area contributed by atoms with Gasteiger partial charge in [-0.15, -0.1) is 0 Å². The van der Waals surface area contributed by atoms with Crippen LogP contribution < -0.4 is 5.32 Å². The molecular weight excluding hydrogens is 198 g/mol. The Morgan fingerprint density at radius 3 is 2.50 bits per heavy atom. The second-order valence-corrected chi connectivity index (χ2v) is 6.85. The van der Waals surface area contributed by atoms with Crippen molar-refractivity contribution in [3.05, 3.63) is 0 Å². The van der Waals surface area contributed by atoms with Crippen molar-refractivity contribution in [2.24, 2.45) is 16.7 Å². The Bertz CT molecular complexity index is 282. The summed E-state index contributed by atoms with van der Waals surface area (Å²) in [7, 11) is 0. The molecule has 92 valence electrons. The molecule has 2 aliphatic carbocycles. The summed E-state index contributed by atoms with van der Waals surface area (Å²) in [6.45, 7) is 9.59. The van der Waals surface area contributed by atoms with Crippen LogP contribution in [-0.4, -0.2) is 25.3 Å². The lowest BCUT2D eigenvalue weighted by Crippen LogP contribution is -2.39. The van der Waals surface area contributed by atoms with E-state index in [1.807, 2.05) is 0 Å². The summed E-state index contributed by atoms with van der Waals surface area (Å²) >= 11 is 0. The molecular formula is C14H25NO. The molecule has 4 atom stereocenters. The molecule has 3 fully saturated rings. The third-order valence-electron chi connectivity index (χ3n) is 6.09. The number of nitrogens with one attached hydrogen (secondary N) is 1. The smallest absolute Gasteiger partial charge is 0.0715 e. The summed E-state index contributed by atoms with van der Waals surface area (Å²) in [6.07, 6.45) is 6.31. The molecule has 2 bridgehead atoms. The van der Waals surface area contributed by atoms with Gasteiger partial charge in [0, 0.05) is 6.54 Å². The van der Waals surface area contributed by atoms with Gasteiger partial charge in [-0.3, -0.25) is 0 Å². The van der Waals surface area contributed by atoms with Crippen LogP contribution in [0, 0.1) is 16.7 Å². The molecule has 3 rings (SSSR count). The van der Waals surface area contributed by atoms with E-state index in [2.05, 4.69) is 26.1 Å². The van der Waals surface area contributed by atoms with Crippen LogP contribution >= 0.6 is 0 Å². The molecule has 4 unspecified atom stereocenters. The predicted molar refractivity (Wildman–Crippen MR) is 65.4 cm³/mol. The van der Waals surface area contributed by atoms with Crippen molar-refractivity contribution < 1.29 is 4.74 Å². The Labute approximate surface area is 99.1 Å². The van der Waals surface area contributed by atoms with Crippen LogP contribution in [0.1, 0.15) is 46.5 Å². The van der Waals surface area contributed by atoms with Gasteiger partial charge in [0.15, 0.2) is 0 Å². The van der Waals surface area contributed by atoms with Gasteiger partial charge in [-0.25, -0.2) is 0 Å². The highest BCUT2D eigenvalue weighted by Crippen LogP contribution is 2.66. The van der Waals surface area contributed by atoms with Crippen molar-refractivity contribution in [1.29, 1.82) is 0 Å². The van der Waals surface area contributed by atoms with Gasteiger partial charge in [0.25, 0.3) is 0 Å². The van der Waals surface area contributed by atoms with E-state index in [1.165, 1.54) is 25.7 Å². The summed E-state index contributed by atoms with van der Waals surface area (Å²) < 4.78 is 6.38. The maximum absolute atomic E-state index is 6.38. The first-order valence-corrected chi connectivity index (χ1v) is 6.90. The Kier molecular flexibility index (Phi) is 2.38. The molecule has 1 heterocycles. The summed E-state index contributed by atoms with van der Waals surface area (Å²) in [4.78, 5) is 0. The SMILES string of the molecule is CC1(C)C2CCC1(C)C(OC1CCNC1)C2. The first-order valence-electron chi connectivity index (χ1n) is 6.90. The van der Waals surface area contributed by atoms with Crippen LogP contribution in [0.2, 0.25) is 0 Å². The molecule has 0 spiro atoms. The minimum absolute atomic E-state index is 0.431. The van der Waals surface area contributed by atoms with Crippen LogP contribution in [0.15, 0.2) is 0 Å². The lowest BCUT2D eigenvalue weighted by molar-refractivity contribution is -0.0793. The highest BCUT2D eigenvalue weighted by atomic mass is 16.5. The van der Waals surface area contributed by atoms with E-state index in [1.54, 1.807) is 0 Å². The van der Waals surface area contributed by atoms with Crippen molar-refractivity contribution in [2.45, 2.75) is 58.7 Å². The Morgan fingerprint density at radius 2 is 2.00 bits per heavy atom. The predicted octanol–water partition coefficient (Wildman–Crippen LogP) is 2.58. The Morgan fingerprint density at radius 1 is 1.19 bits per heavy atom. The van der Waals surface area contributed by atoms with Crippen molar-refractivity contribution in [3.8, 4) is 0 Å². The van der Waals surface area contributed by atoms with Crippen LogP contribution in [0.3, 0.4) is 0 Å². The van der Waals surface area contributed by atoms with Gasteiger partial charge in [0.1, 0.15) is 0 Å². The fourth-order valence-corrected chi connectivity index (χ4v) is 4.31. The third kappa shape index (κ3) is 1.32. The van der Waals surface area contributed by atoms with Crippen molar-refractivity contribution in [1.82, 2.24) is 5.32 Å². The molecule has 1 N–H and O–H groups in total. The van der Waals surface area contributed by atoms with E-state index in [0.717, 1.165) is 19.0 Å². The number of hydrogen-bond acceptors (Lipinski definition) is 2. The normalized spacial score (nSPS) is 50.1. The zero-order valence-electron chi connectivity index (χ0n) is 10.9. The quantitative estimate of drug-likeness (QED) is 0.777. The van der Waals surface area contributed by atoms with E-state index in [4.69, 9.17) is 4.74 Å². The molecule has 0 aromatic rings. The van der Waals surface area contributed by atoms with Gasteiger partial charge in [-0.05, 0) is 49.0 Å². The van der Waals surface area contributed by atoms with Gasteiger partial charge in [0.05, 0.1) is 12.2 Å². The largest absolute Gasteiger partial charge is 0.373 e. The van der Waals surface area contributed by atoms with E-state index in [-0.39, 0.29) is 0 Å². The van der Waals surface area contributed by atoms with Crippen molar-refractivity contribution in [2.75, 3.05) is 13.1 Å². The van der Waals surface area contributed by atoms with Crippen LogP contribution in [0.25, 0.3) is 0 Å². The van der Waals surface area contributed by atoms with Gasteiger partial charge < -0.3 is 10.1 Å². The molecule has 0 aromatic heterocycles. The summed E-state index contributed by atoms with van der Waals surface area (Å²) in [5.74, 6) is 0.900. The van der Waals surface area contributed by atoms with Gasteiger partial charge in [-0.1, -0.05) is 20.8 Å². The Balaban J connectivity index is 1.74. The number of rotatable bonds is 2. The zero-order chi connectivity index (χ0) is 11.4. The zero-order valence-corrected chi connectivity index (χ0v) is 10.9. The molecule has 2 heteroatoms. The molecule has 16 heavy (non-hydrogen) atoms. The van der Waals surface area contributed by atoms with E-state index in [9.17, 15) is 0 Å². The highest BCUT2D eigenvalue weighted by Gasteiger charge is 2.62. The fraction of sp³-hybridized carbons (Fsp3) is 1.00. The molecule has 0 radical (unpaired) electrons. The molecule has 0 aromatic carbocycles. The molecule has 1 aliphatic heterocycles. The second-order valence-electron chi connectivity index (χ2n) is 6.85. The molecule has 3 aliphatic rings. The lowest BCUT2D eigenvalue weighted by atomic mass is 9.70. The van der Waals surface area contributed by atoms with Gasteiger partial charge >= 0.3 is 0 Å². The summed E-state index contributed by atoms with van der Waals surface area (Å²) in [5.41, 5.74) is 0.921. The first-order chi connectivity index (χ1) is 7.54. The molecule has 0 amide bonds. The van der Waals surface area contributed by atoms with Crippen molar-refractivity contribution in [3.63, 3.8) is 0 Å². The number of hydrogen-bond donors (Lipinski definition) is 1. The van der Waals surface area contributed by atoms with Gasteiger partial charge in [-0.2, -0.15) is 0 Å². The maximum Gasteiger partial charge on any atom is 0.0715 e. The van der Waals surface area contributed by atoms with Crippen molar-refractivity contribution >= 4 is 0 Å². The minimum Gasteiger partial charge on any atom is -0.373 e. The van der Waals surface area contributed by atoms with Gasteiger partial charge in [0.2, 0.25) is 0 Å². The van der Waals surface area contributed by atoms with Crippen LogP contribution in [0.5, 0.6) is 0 Å². The maximum atomic E-state index is 6.38. The first kappa shape index (κ1) is 11.0. The number of ether oxygens (including phenoxy) is 1.